The maximum atomic E-state index is 12.9. The molecule has 2 aromatic carbocycles. The fourth-order valence-electron chi connectivity index (χ4n) is 2.94. The highest BCUT2D eigenvalue weighted by Crippen LogP contribution is 2.31. The molecule has 0 saturated carbocycles. The highest BCUT2D eigenvalue weighted by Gasteiger charge is 2.30. The summed E-state index contributed by atoms with van der Waals surface area (Å²) in [6.07, 6.45) is -2.88. The molecule has 31 heavy (non-hydrogen) atoms. The highest BCUT2D eigenvalue weighted by molar-refractivity contribution is 5.94. The van der Waals surface area contributed by atoms with Gasteiger partial charge in [0.05, 0.1) is 23.6 Å². The molecule has 0 saturated heterocycles. The summed E-state index contributed by atoms with van der Waals surface area (Å²) in [6.45, 7) is 0.625. The Kier molecular flexibility index (Phi) is 6.88. The predicted octanol–water partition coefficient (Wildman–Crippen LogP) is 5.40. The van der Waals surface area contributed by atoms with E-state index in [2.05, 4.69) is 10.3 Å². The van der Waals surface area contributed by atoms with Crippen molar-refractivity contribution in [3.8, 4) is 6.07 Å². The first kappa shape index (κ1) is 21.8. The Hall–Kier alpha value is -3.86. The molecule has 3 aromatic rings. The summed E-state index contributed by atoms with van der Waals surface area (Å²) in [5, 5.41) is 11.7. The van der Waals surface area contributed by atoms with E-state index in [1.807, 2.05) is 36.4 Å². The van der Waals surface area contributed by atoms with Gasteiger partial charge in [0.25, 0.3) is 5.91 Å². The van der Waals surface area contributed by atoms with Crippen LogP contribution < -0.4 is 5.32 Å². The van der Waals surface area contributed by atoms with Gasteiger partial charge in [0.2, 0.25) is 0 Å². The van der Waals surface area contributed by atoms with E-state index in [1.54, 1.807) is 11.0 Å². The topological polar surface area (TPSA) is 69.0 Å². The van der Waals surface area contributed by atoms with Crippen LogP contribution in [0.5, 0.6) is 0 Å². The molecule has 0 aliphatic rings. The fraction of sp³-hybridized carbons (Fsp3) is 0.174. The smallest absolute Gasteiger partial charge is 0.340 e. The summed E-state index contributed by atoms with van der Waals surface area (Å²) >= 11 is 0. The summed E-state index contributed by atoms with van der Waals surface area (Å²) in [7, 11) is 0. The summed E-state index contributed by atoms with van der Waals surface area (Å²) in [6, 6.07) is 19.3. The Morgan fingerprint density at radius 1 is 1.06 bits per heavy atom. The van der Waals surface area contributed by atoms with E-state index >= 15 is 0 Å². The summed E-state index contributed by atoms with van der Waals surface area (Å²) in [5.41, 5.74) is 0.729. The number of amides is 1. The minimum atomic E-state index is -4.44. The first-order valence-corrected chi connectivity index (χ1v) is 9.47. The lowest BCUT2D eigenvalue weighted by molar-refractivity contribution is -0.137. The molecule has 1 aromatic heterocycles. The third kappa shape index (κ3) is 6.06. The van der Waals surface area contributed by atoms with Gasteiger partial charge in [-0.1, -0.05) is 36.4 Å². The van der Waals surface area contributed by atoms with Gasteiger partial charge in [-0.25, -0.2) is 4.98 Å². The number of benzene rings is 2. The molecule has 0 radical (unpaired) electrons. The Morgan fingerprint density at radius 2 is 1.84 bits per heavy atom. The molecule has 0 atom stereocenters. The molecule has 0 aliphatic heterocycles. The van der Waals surface area contributed by atoms with Crippen molar-refractivity contribution in [2.45, 2.75) is 19.1 Å². The van der Waals surface area contributed by atoms with Gasteiger partial charge in [-0.05, 0) is 35.9 Å². The van der Waals surface area contributed by atoms with Crippen LogP contribution in [0.1, 0.15) is 27.9 Å². The number of rotatable bonds is 7. The number of aromatic nitrogens is 1. The number of nitrogens with zero attached hydrogens (tertiary/aromatic N) is 3. The minimum Gasteiger partial charge on any atom is -0.340 e. The quantitative estimate of drug-likeness (QED) is 0.551. The summed E-state index contributed by atoms with van der Waals surface area (Å²) in [5.74, 6) is 0.0275. The van der Waals surface area contributed by atoms with Crippen molar-refractivity contribution < 1.29 is 18.0 Å². The predicted molar refractivity (Wildman–Crippen MR) is 110 cm³/mol. The second-order valence-corrected chi connectivity index (χ2v) is 6.76. The number of anilines is 2. The first-order chi connectivity index (χ1) is 14.9. The molecule has 1 heterocycles. The highest BCUT2D eigenvalue weighted by atomic mass is 19.4. The van der Waals surface area contributed by atoms with E-state index in [-0.39, 0.29) is 24.6 Å². The van der Waals surface area contributed by atoms with Crippen LogP contribution in [0.3, 0.4) is 0 Å². The van der Waals surface area contributed by atoms with Crippen LogP contribution in [-0.2, 0) is 12.7 Å². The van der Waals surface area contributed by atoms with Crippen molar-refractivity contribution in [3.63, 3.8) is 0 Å². The molecule has 3 rings (SSSR count). The number of carbonyl (C=O) groups excluding carboxylic acids is 1. The van der Waals surface area contributed by atoms with Crippen molar-refractivity contribution >= 4 is 17.4 Å². The van der Waals surface area contributed by atoms with E-state index in [4.69, 9.17) is 5.26 Å². The van der Waals surface area contributed by atoms with Crippen molar-refractivity contribution in [2.75, 3.05) is 11.9 Å². The van der Waals surface area contributed by atoms with Gasteiger partial charge in [0.15, 0.2) is 0 Å². The van der Waals surface area contributed by atoms with Crippen LogP contribution >= 0.6 is 0 Å². The number of hydrogen-bond acceptors (Lipinski definition) is 4. The normalized spacial score (nSPS) is 10.9. The number of halogens is 3. The van der Waals surface area contributed by atoms with Crippen LogP contribution in [0, 0.1) is 11.3 Å². The first-order valence-electron chi connectivity index (χ1n) is 9.47. The zero-order valence-electron chi connectivity index (χ0n) is 16.4. The SMILES string of the molecule is N#CCCN(Cc1ccccc1)C(=O)c1ccc(Nc2cccc(C(F)(F)F)c2)nc1. The van der Waals surface area contributed by atoms with E-state index in [0.29, 0.717) is 17.9 Å². The monoisotopic (exact) mass is 424 g/mol. The van der Waals surface area contributed by atoms with E-state index < -0.39 is 11.7 Å². The molecule has 0 bridgehead atoms. The van der Waals surface area contributed by atoms with Gasteiger partial charge in [0, 0.05) is 25.0 Å². The van der Waals surface area contributed by atoms with Crippen molar-refractivity contribution in [2.24, 2.45) is 0 Å². The molecule has 8 heteroatoms. The lowest BCUT2D eigenvalue weighted by atomic mass is 10.1. The molecule has 158 valence electrons. The Balaban J connectivity index is 1.73. The largest absolute Gasteiger partial charge is 0.416 e. The van der Waals surface area contributed by atoms with Crippen LogP contribution in [0.4, 0.5) is 24.7 Å². The Bertz CT molecular complexity index is 1060. The van der Waals surface area contributed by atoms with E-state index in [0.717, 1.165) is 17.7 Å². The third-order valence-electron chi connectivity index (χ3n) is 4.47. The summed E-state index contributed by atoms with van der Waals surface area (Å²) in [4.78, 5) is 18.6. The van der Waals surface area contributed by atoms with Gasteiger partial charge in [-0.15, -0.1) is 0 Å². The number of hydrogen-bond donors (Lipinski definition) is 1. The van der Waals surface area contributed by atoms with Gasteiger partial charge in [0.1, 0.15) is 5.82 Å². The maximum Gasteiger partial charge on any atom is 0.416 e. The average Bonchev–Trinajstić information content (AvgIpc) is 2.77. The van der Waals surface area contributed by atoms with Gasteiger partial charge >= 0.3 is 6.18 Å². The molecular weight excluding hydrogens is 405 g/mol. The number of carbonyl (C=O) groups is 1. The molecule has 0 spiro atoms. The fourth-order valence-corrected chi connectivity index (χ4v) is 2.94. The van der Waals surface area contributed by atoms with Crippen molar-refractivity contribution in [1.82, 2.24) is 9.88 Å². The lowest BCUT2D eigenvalue weighted by Gasteiger charge is -2.22. The lowest BCUT2D eigenvalue weighted by Crippen LogP contribution is -2.31. The van der Waals surface area contributed by atoms with E-state index in [1.165, 1.54) is 24.4 Å². The molecular formula is C23H19F3N4O. The number of nitriles is 1. The third-order valence-corrected chi connectivity index (χ3v) is 4.47. The molecule has 1 N–H and O–H groups in total. The van der Waals surface area contributed by atoms with Crippen LogP contribution in [0.15, 0.2) is 72.9 Å². The Morgan fingerprint density at radius 3 is 2.48 bits per heavy atom. The average molecular weight is 424 g/mol. The zero-order valence-corrected chi connectivity index (χ0v) is 16.4. The van der Waals surface area contributed by atoms with Crippen molar-refractivity contribution in [3.05, 3.63) is 89.6 Å². The minimum absolute atomic E-state index is 0.196. The molecule has 0 unspecified atom stereocenters. The Labute approximate surface area is 177 Å². The molecule has 5 nitrogen and oxygen atoms in total. The van der Waals surface area contributed by atoms with Gasteiger partial charge in [-0.2, -0.15) is 18.4 Å². The second kappa shape index (κ2) is 9.76. The number of nitrogens with one attached hydrogen (secondary N) is 1. The van der Waals surface area contributed by atoms with Crippen LogP contribution in [0.2, 0.25) is 0 Å². The van der Waals surface area contributed by atoms with Crippen molar-refractivity contribution in [1.29, 1.82) is 5.26 Å². The van der Waals surface area contributed by atoms with Gasteiger partial charge in [-0.3, -0.25) is 4.79 Å². The molecule has 0 fully saturated rings. The van der Waals surface area contributed by atoms with E-state index in [9.17, 15) is 18.0 Å². The molecule has 0 aliphatic carbocycles. The maximum absolute atomic E-state index is 12.9. The van der Waals surface area contributed by atoms with Crippen LogP contribution in [0.25, 0.3) is 0 Å². The second-order valence-electron chi connectivity index (χ2n) is 6.76. The summed E-state index contributed by atoms with van der Waals surface area (Å²) < 4.78 is 38.6. The standard InChI is InChI=1S/C23H19F3N4O/c24-23(25,26)19-8-4-9-20(14-19)29-21-11-10-18(15-28-21)22(31)30(13-5-12-27)16-17-6-2-1-3-7-17/h1-4,6-11,14-15H,5,13,16H2,(H,28,29). The number of alkyl halides is 3. The zero-order chi connectivity index (χ0) is 22.3. The van der Waals surface area contributed by atoms with Gasteiger partial charge < -0.3 is 10.2 Å². The van der Waals surface area contributed by atoms with Crippen LogP contribution in [-0.4, -0.2) is 22.3 Å². The molecule has 1 amide bonds. The number of pyridine rings is 1.